The second-order valence-electron chi connectivity index (χ2n) is 4.04. The van der Waals surface area contributed by atoms with Crippen molar-refractivity contribution in [2.75, 3.05) is 7.11 Å². The van der Waals surface area contributed by atoms with E-state index in [1.54, 1.807) is 0 Å². The summed E-state index contributed by atoms with van der Waals surface area (Å²) in [7, 11) is 1.13. The molecule has 1 aromatic carbocycles. The Kier molecular flexibility index (Phi) is 5.62. The fourth-order valence-corrected chi connectivity index (χ4v) is 1.54. The highest BCUT2D eigenvalue weighted by Gasteiger charge is 2.25. The van der Waals surface area contributed by atoms with Crippen LogP contribution in [0.1, 0.15) is 31.1 Å². The summed E-state index contributed by atoms with van der Waals surface area (Å²) in [6.45, 7) is 3.33. The molecule has 22 heavy (non-hydrogen) atoms. The van der Waals surface area contributed by atoms with Gasteiger partial charge in [0.25, 0.3) is 0 Å². The molecule has 8 nitrogen and oxygen atoms in total. The van der Waals surface area contributed by atoms with Gasteiger partial charge in [-0.15, -0.1) is 0 Å². The summed E-state index contributed by atoms with van der Waals surface area (Å²) >= 11 is 0. The Morgan fingerprint density at radius 1 is 0.773 bits per heavy atom. The summed E-state index contributed by atoms with van der Waals surface area (Å²) in [5.74, 6) is -3.94. The Balaban J connectivity index is 3.56. The van der Waals surface area contributed by atoms with Crippen LogP contribution in [-0.4, -0.2) is 31.0 Å². The standard InChI is InChI=1S/C14H14O8/c1-7(15)20-11-6-5-10(14(18)19-4)12(21-8(2)16)13(11)22-9(3)17/h5-6H,1-4H3. The van der Waals surface area contributed by atoms with E-state index in [-0.39, 0.29) is 22.8 Å². The van der Waals surface area contributed by atoms with Crippen LogP contribution in [0.3, 0.4) is 0 Å². The van der Waals surface area contributed by atoms with Gasteiger partial charge in [-0.2, -0.15) is 0 Å². The summed E-state index contributed by atoms with van der Waals surface area (Å²) in [4.78, 5) is 45.3. The first-order valence-corrected chi connectivity index (χ1v) is 6.06. The largest absolute Gasteiger partial charge is 0.465 e. The van der Waals surface area contributed by atoms with Gasteiger partial charge in [-0.05, 0) is 12.1 Å². The molecule has 0 unspecified atom stereocenters. The SMILES string of the molecule is COC(=O)c1ccc(OC(C)=O)c(OC(C)=O)c1OC(C)=O. The monoisotopic (exact) mass is 310 g/mol. The third-order valence-electron chi connectivity index (χ3n) is 2.23. The highest BCUT2D eigenvalue weighted by Crippen LogP contribution is 2.41. The molecule has 118 valence electrons. The molecule has 0 aliphatic carbocycles. The van der Waals surface area contributed by atoms with Crippen LogP contribution in [0.2, 0.25) is 0 Å². The molecule has 0 aliphatic rings. The Morgan fingerprint density at radius 2 is 1.27 bits per heavy atom. The van der Waals surface area contributed by atoms with Gasteiger partial charge in [0.05, 0.1) is 7.11 Å². The summed E-state index contributed by atoms with van der Waals surface area (Å²) in [6, 6.07) is 2.44. The number of carbonyl (C=O) groups excluding carboxylic acids is 4. The molecule has 0 heterocycles. The Labute approximate surface area is 125 Å². The Bertz CT molecular complexity index is 632. The number of hydrogen-bond donors (Lipinski definition) is 0. The van der Waals surface area contributed by atoms with Crippen molar-refractivity contribution < 1.29 is 38.1 Å². The van der Waals surface area contributed by atoms with Crippen molar-refractivity contribution in [3.63, 3.8) is 0 Å². The number of ether oxygens (including phenoxy) is 4. The molecule has 0 aliphatic heterocycles. The van der Waals surface area contributed by atoms with Gasteiger partial charge in [0, 0.05) is 20.8 Å². The molecule has 0 radical (unpaired) electrons. The number of carbonyl (C=O) groups is 4. The third kappa shape index (κ3) is 4.30. The van der Waals surface area contributed by atoms with Crippen molar-refractivity contribution >= 4 is 23.9 Å². The Morgan fingerprint density at radius 3 is 1.73 bits per heavy atom. The molecule has 0 fully saturated rings. The first-order valence-electron chi connectivity index (χ1n) is 6.06. The summed E-state index contributed by atoms with van der Waals surface area (Å²) in [5, 5.41) is 0. The van der Waals surface area contributed by atoms with Crippen LogP contribution in [0.15, 0.2) is 12.1 Å². The van der Waals surface area contributed by atoms with Crippen molar-refractivity contribution in [3.05, 3.63) is 17.7 Å². The zero-order valence-corrected chi connectivity index (χ0v) is 12.4. The van der Waals surface area contributed by atoms with Gasteiger partial charge < -0.3 is 18.9 Å². The van der Waals surface area contributed by atoms with Gasteiger partial charge in [0.2, 0.25) is 5.75 Å². The predicted octanol–water partition coefficient (Wildman–Crippen LogP) is 1.25. The molecule has 0 bridgehead atoms. The summed E-state index contributed by atoms with van der Waals surface area (Å²) in [5.41, 5.74) is -0.162. The van der Waals surface area contributed by atoms with E-state index in [2.05, 4.69) is 4.74 Å². The van der Waals surface area contributed by atoms with Gasteiger partial charge >= 0.3 is 23.9 Å². The van der Waals surface area contributed by atoms with Crippen molar-refractivity contribution in [3.8, 4) is 17.2 Å². The maximum atomic E-state index is 11.7. The van der Waals surface area contributed by atoms with E-state index in [1.807, 2.05) is 0 Å². The molecule has 0 spiro atoms. The number of benzene rings is 1. The molecule has 8 heteroatoms. The van der Waals surface area contributed by atoms with Crippen LogP contribution in [0, 0.1) is 0 Å². The number of hydrogen-bond acceptors (Lipinski definition) is 8. The molecule has 0 amide bonds. The fraction of sp³-hybridized carbons (Fsp3) is 0.286. The normalized spacial score (nSPS) is 9.64. The molecule has 0 aromatic heterocycles. The van der Waals surface area contributed by atoms with Gasteiger partial charge in [0.1, 0.15) is 5.56 Å². The smallest absolute Gasteiger partial charge is 0.341 e. The number of rotatable bonds is 4. The van der Waals surface area contributed by atoms with Crippen LogP contribution in [-0.2, 0) is 19.1 Å². The van der Waals surface area contributed by atoms with Crippen LogP contribution in [0.25, 0.3) is 0 Å². The van der Waals surface area contributed by atoms with Crippen molar-refractivity contribution in [1.29, 1.82) is 0 Å². The second kappa shape index (κ2) is 7.21. The molecule has 0 saturated carbocycles. The van der Waals surface area contributed by atoms with E-state index in [0.29, 0.717) is 0 Å². The molecular formula is C14H14O8. The van der Waals surface area contributed by atoms with Gasteiger partial charge in [-0.25, -0.2) is 4.79 Å². The zero-order valence-electron chi connectivity index (χ0n) is 12.4. The predicted molar refractivity (Wildman–Crippen MR) is 71.7 cm³/mol. The van der Waals surface area contributed by atoms with E-state index in [1.165, 1.54) is 12.1 Å². The highest BCUT2D eigenvalue weighted by atomic mass is 16.6. The van der Waals surface area contributed by atoms with E-state index < -0.39 is 23.9 Å². The average Bonchev–Trinajstić information content (AvgIpc) is 2.40. The first-order chi connectivity index (χ1) is 10.3. The second-order valence-corrected chi connectivity index (χ2v) is 4.04. The number of methoxy groups -OCH3 is 1. The lowest BCUT2D eigenvalue weighted by molar-refractivity contribution is -0.135. The molecule has 0 N–H and O–H groups in total. The molecule has 0 atom stereocenters. The lowest BCUT2D eigenvalue weighted by Gasteiger charge is -2.15. The first kappa shape index (κ1) is 17.2. The van der Waals surface area contributed by atoms with Crippen LogP contribution in [0.5, 0.6) is 17.2 Å². The minimum absolute atomic E-state index is 0.162. The van der Waals surface area contributed by atoms with Gasteiger partial charge in [-0.3, -0.25) is 14.4 Å². The quantitative estimate of drug-likeness (QED) is 0.604. The number of esters is 4. The van der Waals surface area contributed by atoms with Crippen molar-refractivity contribution in [2.45, 2.75) is 20.8 Å². The van der Waals surface area contributed by atoms with E-state index in [0.717, 1.165) is 27.9 Å². The Hall–Kier alpha value is -2.90. The fourth-order valence-electron chi connectivity index (χ4n) is 1.54. The maximum absolute atomic E-state index is 11.7. The van der Waals surface area contributed by atoms with Gasteiger partial charge in [-0.1, -0.05) is 0 Å². The lowest BCUT2D eigenvalue weighted by atomic mass is 10.1. The topological polar surface area (TPSA) is 105 Å². The maximum Gasteiger partial charge on any atom is 0.341 e. The third-order valence-corrected chi connectivity index (χ3v) is 2.23. The molecule has 1 rings (SSSR count). The molecular weight excluding hydrogens is 296 g/mol. The summed E-state index contributed by atoms with van der Waals surface area (Å²) in [6.07, 6.45) is 0. The van der Waals surface area contributed by atoms with Crippen LogP contribution < -0.4 is 14.2 Å². The summed E-state index contributed by atoms with van der Waals surface area (Å²) < 4.78 is 19.3. The highest BCUT2D eigenvalue weighted by molar-refractivity contribution is 5.96. The zero-order chi connectivity index (χ0) is 16.9. The van der Waals surface area contributed by atoms with E-state index in [9.17, 15) is 19.2 Å². The lowest BCUT2D eigenvalue weighted by Crippen LogP contribution is -2.14. The molecule has 0 saturated heterocycles. The van der Waals surface area contributed by atoms with Gasteiger partial charge in [0.15, 0.2) is 11.5 Å². The minimum Gasteiger partial charge on any atom is -0.465 e. The van der Waals surface area contributed by atoms with E-state index in [4.69, 9.17) is 14.2 Å². The van der Waals surface area contributed by atoms with E-state index >= 15 is 0 Å². The van der Waals surface area contributed by atoms with Crippen LogP contribution in [0.4, 0.5) is 0 Å². The average molecular weight is 310 g/mol. The van der Waals surface area contributed by atoms with Crippen LogP contribution >= 0.6 is 0 Å². The van der Waals surface area contributed by atoms with Crippen molar-refractivity contribution in [1.82, 2.24) is 0 Å². The van der Waals surface area contributed by atoms with Crippen molar-refractivity contribution in [2.24, 2.45) is 0 Å². The minimum atomic E-state index is -0.820. The molecule has 1 aromatic rings.